The Morgan fingerprint density at radius 2 is 1.61 bits per heavy atom. The van der Waals surface area contributed by atoms with Crippen LogP contribution in [0, 0.1) is 0 Å². The minimum absolute atomic E-state index is 0.111. The van der Waals surface area contributed by atoms with Crippen LogP contribution in [0.3, 0.4) is 0 Å². The predicted octanol–water partition coefficient (Wildman–Crippen LogP) is 4.89. The molecule has 41 heavy (non-hydrogen) atoms. The number of rotatable bonds is 12. The molecule has 0 aromatic heterocycles. The molecule has 2 N–H and O–H groups in total. The number of amides is 2. The van der Waals surface area contributed by atoms with Gasteiger partial charge in [0, 0.05) is 31.7 Å². The molecule has 7 heteroatoms. The van der Waals surface area contributed by atoms with Crippen molar-refractivity contribution in [1.29, 1.82) is 0 Å². The van der Waals surface area contributed by atoms with E-state index in [2.05, 4.69) is 43.2 Å². The van der Waals surface area contributed by atoms with Crippen molar-refractivity contribution in [2.45, 2.75) is 64.9 Å². The third-order valence-electron chi connectivity index (χ3n) is 7.79. The van der Waals surface area contributed by atoms with Crippen LogP contribution in [0.5, 0.6) is 5.75 Å². The number of hydrogen-bond donors (Lipinski definition) is 2. The summed E-state index contributed by atoms with van der Waals surface area (Å²) in [6.45, 7) is 10.8. The lowest BCUT2D eigenvalue weighted by atomic mass is 9.90. The van der Waals surface area contributed by atoms with Crippen LogP contribution in [0.25, 0.3) is 0 Å². The molecule has 0 spiro atoms. The van der Waals surface area contributed by atoms with Gasteiger partial charge < -0.3 is 20.3 Å². The normalized spacial score (nSPS) is 15.6. The molecule has 1 aliphatic rings. The molecule has 218 valence electrons. The van der Waals surface area contributed by atoms with Crippen molar-refractivity contribution in [1.82, 2.24) is 20.4 Å². The maximum atomic E-state index is 14.0. The lowest BCUT2D eigenvalue weighted by Gasteiger charge is -2.38. The van der Waals surface area contributed by atoms with Crippen LogP contribution in [-0.4, -0.2) is 60.4 Å². The summed E-state index contributed by atoms with van der Waals surface area (Å²) in [6.07, 6.45) is 0.646. The molecule has 1 heterocycles. The fraction of sp³-hybridized carbons (Fsp3) is 0.412. The quantitative estimate of drug-likeness (QED) is 0.333. The second kappa shape index (κ2) is 14.3. The van der Waals surface area contributed by atoms with Crippen LogP contribution in [-0.2, 0) is 22.6 Å². The van der Waals surface area contributed by atoms with Gasteiger partial charge in [-0.25, -0.2) is 0 Å². The van der Waals surface area contributed by atoms with Gasteiger partial charge in [-0.2, -0.15) is 0 Å². The summed E-state index contributed by atoms with van der Waals surface area (Å²) in [7, 11) is 1.78. The lowest BCUT2D eigenvalue weighted by molar-refractivity contribution is -0.143. The summed E-state index contributed by atoms with van der Waals surface area (Å²) >= 11 is 0. The lowest BCUT2D eigenvalue weighted by Crippen LogP contribution is -2.51. The first-order valence-electron chi connectivity index (χ1n) is 14.7. The van der Waals surface area contributed by atoms with Crippen molar-refractivity contribution in [3.63, 3.8) is 0 Å². The van der Waals surface area contributed by atoms with Gasteiger partial charge in [-0.05, 0) is 75.5 Å². The zero-order valence-corrected chi connectivity index (χ0v) is 25.0. The van der Waals surface area contributed by atoms with Crippen molar-refractivity contribution in [2.24, 2.45) is 0 Å². The van der Waals surface area contributed by atoms with Gasteiger partial charge >= 0.3 is 0 Å². The van der Waals surface area contributed by atoms with Gasteiger partial charge in [-0.3, -0.25) is 14.5 Å². The average Bonchev–Trinajstić information content (AvgIpc) is 2.98. The van der Waals surface area contributed by atoms with E-state index in [4.69, 9.17) is 4.74 Å². The number of carbonyl (C=O) groups excluding carboxylic acids is 2. The molecule has 0 radical (unpaired) electrons. The highest BCUT2D eigenvalue weighted by molar-refractivity contribution is 5.92. The van der Waals surface area contributed by atoms with Crippen LogP contribution in [0.4, 0.5) is 0 Å². The summed E-state index contributed by atoms with van der Waals surface area (Å²) in [4.78, 5) is 31.9. The molecule has 7 nitrogen and oxygen atoms in total. The molecule has 3 aromatic carbocycles. The Morgan fingerprint density at radius 3 is 2.24 bits per heavy atom. The van der Waals surface area contributed by atoms with Crippen molar-refractivity contribution in [3.8, 4) is 5.75 Å². The van der Waals surface area contributed by atoms with Crippen LogP contribution < -0.4 is 15.4 Å². The fourth-order valence-corrected chi connectivity index (χ4v) is 5.72. The van der Waals surface area contributed by atoms with Crippen LogP contribution >= 0.6 is 0 Å². The molecule has 2 atom stereocenters. The SMILES string of the molecule is CN[C@@H](C(=O)N1CCc2cc(OCc3ccccc3)ccc2[C@@H]1C(=O)NCCN(C(C)C)C(C)C)c1ccccc1. The maximum absolute atomic E-state index is 14.0. The number of ether oxygens (including phenoxy) is 1. The first-order chi connectivity index (χ1) is 19.8. The first kappa shape index (κ1) is 30.3. The van der Waals surface area contributed by atoms with Gasteiger partial charge in [0.2, 0.25) is 11.8 Å². The molecular weight excluding hydrogens is 512 g/mol. The predicted molar refractivity (Wildman–Crippen MR) is 164 cm³/mol. The number of carbonyl (C=O) groups is 2. The van der Waals surface area contributed by atoms with Gasteiger partial charge in [0.1, 0.15) is 24.4 Å². The molecule has 1 aliphatic heterocycles. The summed E-state index contributed by atoms with van der Waals surface area (Å²) in [5.41, 5.74) is 3.85. The summed E-state index contributed by atoms with van der Waals surface area (Å²) in [5.74, 6) is 0.487. The highest BCUT2D eigenvalue weighted by Crippen LogP contribution is 2.34. The van der Waals surface area contributed by atoms with Crippen molar-refractivity contribution < 1.29 is 14.3 Å². The molecule has 2 amide bonds. The third kappa shape index (κ3) is 7.54. The highest BCUT2D eigenvalue weighted by atomic mass is 16.5. The van der Waals surface area contributed by atoms with Gasteiger partial charge in [0.25, 0.3) is 0 Å². The van der Waals surface area contributed by atoms with Gasteiger partial charge in [0.05, 0.1) is 0 Å². The number of hydrogen-bond acceptors (Lipinski definition) is 5. The zero-order valence-electron chi connectivity index (χ0n) is 25.0. The van der Waals surface area contributed by atoms with E-state index < -0.39 is 12.1 Å². The molecule has 0 aliphatic carbocycles. The van der Waals surface area contributed by atoms with Crippen molar-refractivity contribution >= 4 is 11.8 Å². The Labute approximate surface area is 244 Å². The average molecular weight is 557 g/mol. The molecular formula is C34H44N4O3. The molecule has 0 unspecified atom stereocenters. The van der Waals surface area contributed by atoms with E-state index in [-0.39, 0.29) is 11.8 Å². The van der Waals surface area contributed by atoms with Crippen molar-refractivity contribution in [2.75, 3.05) is 26.7 Å². The third-order valence-corrected chi connectivity index (χ3v) is 7.79. The zero-order chi connectivity index (χ0) is 29.4. The monoisotopic (exact) mass is 556 g/mol. The first-order valence-corrected chi connectivity index (χ1v) is 14.7. The molecule has 0 saturated heterocycles. The summed E-state index contributed by atoms with van der Waals surface area (Å²) < 4.78 is 6.08. The standard InChI is InChI=1S/C34H44N4O3/c1-24(2)37(25(3)4)21-19-36-33(39)32-30-17-16-29(41-23-26-12-8-6-9-13-26)22-28(30)18-20-38(32)34(40)31(35-5)27-14-10-7-11-15-27/h6-17,22,24-25,31-32,35H,18-21,23H2,1-5H3,(H,36,39)/t31-,32-/m1/s1. The van der Waals surface area contributed by atoms with E-state index in [9.17, 15) is 9.59 Å². The fourth-order valence-electron chi connectivity index (χ4n) is 5.72. The largest absolute Gasteiger partial charge is 0.489 e. The van der Waals surface area contributed by atoms with E-state index in [0.29, 0.717) is 38.2 Å². The second-order valence-corrected chi connectivity index (χ2v) is 11.2. The maximum Gasteiger partial charge on any atom is 0.247 e. The van der Waals surface area contributed by atoms with Gasteiger partial charge in [-0.15, -0.1) is 0 Å². The minimum Gasteiger partial charge on any atom is -0.489 e. The number of benzene rings is 3. The molecule has 3 aromatic rings. The summed E-state index contributed by atoms with van der Waals surface area (Å²) in [6, 6.07) is 25.1. The van der Waals surface area contributed by atoms with E-state index >= 15 is 0 Å². The van der Waals surface area contributed by atoms with Gasteiger partial charge in [-0.1, -0.05) is 66.7 Å². The van der Waals surface area contributed by atoms with Crippen LogP contribution in [0.15, 0.2) is 78.9 Å². The van der Waals surface area contributed by atoms with E-state index in [0.717, 1.165) is 34.5 Å². The Bertz CT molecular complexity index is 1270. The minimum atomic E-state index is -0.722. The smallest absolute Gasteiger partial charge is 0.247 e. The topological polar surface area (TPSA) is 73.9 Å². The van der Waals surface area contributed by atoms with E-state index in [1.807, 2.05) is 78.9 Å². The van der Waals surface area contributed by atoms with E-state index in [1.165, 1.54) is 0 Å². The highest BCUT2D eigenvalue weighted by Gasteiger charge is 2.38. The number of nitrogens with zero attached hydrogens (tertiary/aromatic N) is 2. The molecule has 4 rings (SSSR count). The Kier molecular flexibility index (Phi) is 10.6. The van der Waals surface area contributed by atoms with Crippen LogP contribution in [0.1, 0.15) is 62.0 Å². The molecule has 0 saturated carbocycles. The molecule has 0 bridgehead atoms. The number of fused-ring (bicyclic) bond motifs is 1. The van der Waals surface area contributed by atoms with E-state index in [1.54, 1.807) is 11.9 Å². The second-order valence-electron chi connectivity index (χ2n) is 11.2. The Morgan fingerprint density at radius 1 is 0.951 bits per heavy atom. The number of likely N-dealkylation sites (N-methyl/N-ethyl adjacent to an activating group) is 1. The molecule has 0 fully saturated rings. The van der Waals surface area contributed by atoms with Crippen molar-refractivity contribution in [3.05, 3.63) is 101 Å². The summed E-state index contributed by atoms with van der Waals surface area (Å²) in [5, 5.41) is 6.32. The Balaban J connectivity index is 1.58. The number of nitrogens with one attached hydrogen (secondary N) is 2. The van der Waals surface area contributed by atoms with Crippen LogP contribution in [0.2, 0.25) is 0 Å². The van der Waals surface area contributed by atoms with Gasteiger partial charge in [0.15, 0.2) is 0 Å². The Hall–Kier alpha value is -3.68.